The minimum absolute atomic E-state index is 0.0372. The molecule has 2 aromatic rings. The maximum atomic E-state index is 12.7. The van der Waals surface area contributed by atoms with E-state index in [1.807, 2.05) is 30.3 Å². The number of rotatable bonds is 4. The van der Waals surface area contributed by atoms with E-state index < -0.39 is 0 Å². The molecule has 2 amide bonds. The molecule has 6 heteroatoms. The molecule has 3 rings (SSSR count). The molecule has 2 aromatic carbocycles. The van der Waals surface area contributed by atoms with E-state index in [0.29, 0.717) is 28.8 Å². The van der Waals surface area contributed by atoms with Gasteiger partial charge in [0.1, 0.15) is 0 Å². The molecular weight excluding hydrogens is 359 g/mol. The number of nitrogens with zero attached hydrogens (tertiary/aromatic N) is 2. The molecule has 4 nitrogen and oxygen atoms in total. The van der Waals surface area contributed by atoms with Crippen LogP contribution < -0.4 is 4.90 Å². The summed E-state index contributed by atoms with van der Waals surface area (Å²) in [5.41, 5.74) is 1.65. The molecule has 0 N–H and O–H groups in total. The topological polar surface area (TPSA) is 40.6 Å². The fraction of sp³-hybridized carbons (Fsp3) is 0.263. The quantitative estimate of drug-likeness (QED) is 0.808. The van der Waals surface area contributed by atoms with E-state index in [1.165, 1.54) is 0 Å². The highest BCUT2D eigenvalue weighted by Gasteiger charge is 2.37. The predicted octanol–water partition coefficient (Wildman–Crippen LogP) is 4.00. The molecule has 0 spiro atoms. The number of anilines is 1. The third-order valence-corrected chi connectivity index (χ3v) is 4.85. The Morgan fingerprint density at radius 1 is 1.20 bits per heavy atom. The average molecular weight is 377 g/mol. The summed E-state index contributed by atoms with van der Waals surface area (Å²) < 4.78 is 0. The zero-order valence-corrected chi connectivity index (χ0v) is 15.3. The first-order chi connectivity index (χ1) is 12.0. The van der Waals surface area contributed by atoms with E-state index >= 15 is 0 Å². The Labute approximate surface area is 156 Å². The van der Waals surface area contributed by atoms with Crippen LogP contribution in [0.25, 0.3) is 0 Å². The minimum Gasteiger partial charge on any atom is -0.341 e. The van der Waals surface area contributed by atoms with Crippen molar-refractivity contribution < 1.29 is 9.59 Å². The largest absolute Gasteiger partial charge is 0.341 e. The Morgan fingerprint density at radius 2 is 1.92 bits per heavy atom. The summed E-state index contributed by atoms with van der Waals surface area (Å²) in [6, 6.07) is 14.8. The highest BCUT2D eigenvalue weighted by molar-refractivity contribution is 6.36. The molecule has 0 aromatic heterocycles. The molecule has 1 atom stereocenters. The van der Waals surface area contributed by atoms with E-state index in [2.05, 4.69) is 0 Å². The van der Waals surface area contributed by atoms with Crippen molar-refractivity contribution in [3.05, 3.63) is 64.1 Å². The van der Waals surface area contributed by atoms with Crippen LogP contribution in [0.2, 0.25) is 10.0 Å². The van der Waals surface area contributed by atoms with Gasteiger partial charge in [-0.15, -0.1) is 0 Å². The highest BCUT2D eigenvalue weighted by Crippen LogP contribution is 2.33. The summed E-state index contributed by atoms with van der Waals surface area (Å²) >= 11 is 12.1. The molecule has 1 heterocycles. The van der Waals surface area contributed by atoms with Gasteiger partial charge in [0.15, 0.2) is 0 Å². The number of hydrogen-bond donors (Lipinski definition) is 0. The number of amides is 2. The first-order valence-corrected chi connectivity index (χ1v) is 8.75. The van der Waals surface area contributed by atoms with Crippen LogP contribution in [0.15, 0.2) is 48.5 Å². The Kier molecular flexibility index (Phi) is 5.30. The zero-order valence-electron chi connectivity index (χ0n) is 13.8. The van der Waals surface area contributed by atoms with Crippen LogP contribution >= 0.6 is 23.2 Å². The van der Waals surface area contributed by atoms with Crippen molar-refractivity contribution >= 4 is 40.7 Å². The molecule has 1 aliphatic rings. The SMILES string of the molecule is CN(Cc1ccccc1)C(=O)C1CC(=O)N(c2ccc(Cl)cc2Cl)C1. The van der Waals surface area contributed by atoms with Crippen LogP contribution in [-0.2, 0) is 16.1 Å². The Morgan fingerprint density at radius 3 is 2.60 bits per heavy atom. The van der Waals surface area contributed by atoms with Crippen molar-refractivity contribution in [2.45, 2.75) is 13.0 Å². The summed E-state index contributed by atoms with van der Waals surface area (Å²) in [5.74, 6) is -0.506. The van der Waals surface area contributed by atoms with Crippen LogP contribution in [0.4, 0.5) is 5.69 Å². The van der Waals surface area contributed by atoms with E-state index in [4.69, 9.17) is 23.2 Å². The van der Waals surface area contributed by atoms with Crippen molar-refractivity contribution in [1.29, 1.82) is 0 Å². The standard InChI is InChI=1S/C19H18Cl2N2O2/c1-22(11-13-5-3-2-4-6-13)19(25)14-9-18(24)23(12-14)17-8-7-15(20)10-16(17)21/h2-8,10,14H,9,11-12H2,1H3. The predicted molar refractivity (Wildman–Crippen MR) is 99.8 cm³/mol. The number of hydrogen-bond acceptors (Lipinski definition) is 2. The molecule has 1 aliphatic heterocycles. The van der Waals surface area contributed by atoms with Crippen molar-refractivity contribution in [3.63, 3.8) is 0 Å². The first kappa shape index (κ1) is 17.8. The molecule has 1 unspecified atom stereocenters. The highest BCUT2D eigenvalue weighted by atomic mass is 35.5. The molecule has 0 bridgehead atoms. The molecule has 1 saturated heterocycles. The maximum absolute atomic E-state index is 12.7. The van der Waals surface area contributed by atoms with E-state index in [0.717, 1.165) is 5.56 Å². The van der Waals surface area contributed by atoms with Crippen molar-refractivity contribution in [2.75, 3.05) is 18.5 Å². The Bertz CT molecular complexity index is 795. The number of halogens is 2. The minimum atomic E-state index is -0.368. The van der Waals surface area contributed by atoms with Crippen LogP contribution in [0, 0.1) is 5.92 Å². The van der Waals surface area contributed by atoms with Crippen molar-refractivity contribution in [3.8, 4) is 0 Å². The van der Waals surface area contributed by atoms with Gasteiger partial charge in [0, 0.05) is 31.6 Å². The summed E-state index contributed by atoms with van der Waals surface area (Å²) in [4.78, 5) is 28.3. The van der Waals surface area contributed by atoms with Gasteiger partial charge in [-0.2, -0.15) is 0 Å². The van der Waals surface area contributed by atoms with E-state index in [-0.39, 0.29) is 24.2 Å². The van der Waals surface area contributed by atoms with Gasteiger partial charge in [-0.3, -0.25) is 9.59 Å². The van der Waals surface area contributed by atoms with Crippen LogP contribution in [-0.4, -0.2) is 30.3 Å². The Balaban J connectivity index is 1.70. The van der Waals surface area contributed by atoms with Gasteiger partial charge in [-0.1, -0.05) is 53.5 Å². The van der Waals surface area contributed by atoms with Crippen molar-refractivity contribution in [1.82, 2.24) is 4.90 Å². The number of benzene rings is 2. The van der Waals surface area contributed by atoms with E-state index in [9.17, 15) is 9.59 Å². The summed E-state index contributed by atoms with van der Waals surface area (Å²) in [5, 5.41) is 0.919. The van der Waals surface area contributed by atoms with Gasteiger partial charge in [-0.25, -0.2) is 0 Å². The molecule has 0 saturated carbocycles. The fourth-order valence-corrected chi connectivity index (χ4v) is 3.56. The maximum Gasteiger partial charge on any atom is 0.228 e. The average Bonchev–Trinajstić information content (AvgIpc) is 2.96. The van der Waals surface area contributed by atoms with Gasteiger partial charge >= 0.3 is 0 Å². The van der Waals surface area contributed by atoms with Crippen LogP contribution in [0.1, 0.15) is 12.0 Å². The van der Waals surface area contributed by atoms with E-state index in [1.54, 1.807) is 35.0 Å². The zero-order chi connectivity index (χ0) is 18.0. The monoisotopic (exact) mass is 376 g/mol. The summed E-state index contributed by atoms with van der Waals surface area (Å²) in [7, 11) is 1.76. The second-order valence-electron chi connectivity index (χ2n) is 6.18. The number of carbonyl (C=O) groups excluding carboxylic acids is 2. The second kappa shape index (κ2) is 7.46. The lowest BCUT2D eigenvalue weighted by Gasteiger charge is -2.22. The molecular formula is C19H18Cl2N2O2. The fourth-order valence-electron chi connectivity index (χ4n) is 3.05. The molecule has 1 fully saturated rings. The second-order valence-corrected chi connectivity index (χ2v) is 7.02. The van der Waals surface area contributed by atoms with Gasteiger partial charge in [0.25, 0.3) is 0 Å². The van der Waals surface area contributed by atoms with Gasteiger partial charge < -0.3 is 9.80 Å². The molecule has 0 aliphatic carbocycles. The molecule has 0 radical (unpaired) electrons. The van der Waals surface area contributed by atoms with Crippen molar-refractivity contribution in [2.24, 2.45) is 5.92 Å². The lowest BCUT2D eigenvalue weighted by Crippen LogP contribution is -2.34. The van der Waals surface area contributed by atoms with Gasteiger partial charge in [-0.05, 0) is 23.8 Å². The normalized spacial score (nSPS) is 17.0. The van der Waals surface area contributed by atoms with Gasteiger partial charge in [0.2, 0.25) is 11.8 Å². The van der Waals surface area contributed by atoms with Crippen LogP contribution in [0.5, 0.6) is 0 Å². The lowest BCUT2D eigenvalue weighted by atomic mass is 10.1. The third-order valence-electron chi connectivity index (χ3n) is 4.31. The van der Waals surface area contributed by atoms with Crippen LogP contribution in [0.3, 0.4) is 0 Å². The lowest BCUT2D eigenvalue weighted by molar-refractivity contribution is -0.135. The molecule has 25 heavy (non-hydrogen) atoms. The summed E-state index contributed by atoms with van der Waals surface area (Å²) in [6.45, 7) is 0.851. The smallest absolute Gasteiger partial charge is 0.228 e. The number of carbonyl (C=O) groups is 2. The van der Waals surface area contributed by atoms with Gasteiger partial charge in [0.05, 0.1) is 16.6 Å². The molecule has 130 valence electrons. The summed E-state index contributed by atoms with van der Waals surface area (Å²) in [6.07, 6.45) is 0.191. The first-order valence-electron chi connectivity index (χ1n) is 8.00. The Hall–Kier alpha value is -2.04. The third kappa shape index (κ3) is 3.97.